The van der Waals surface area contributed by atoms with E-state index in [4.69, 9.17) is 0 Å². The lowest BCUT2D eigenvalue weighted by atomic mass is 9.99. The summed E-state index contributed by atoms with van der Waals surface area (Å²) in [7, 11) is 0. The van der Waals surface area contributed by atoms with Gasteiger partial charge in [0.25, 0.3) is 0 Å². The van der Waals surface area contributed by atoms with Crippen LogP contribution in [-0.2, 0) is 6.42 Å². The summed E-state index contributed by atoms with van der Waals surface area (Å²) in [5.74, 6) is 0.332. The minimum atomic E-state index is 0.332. The van der Waals surface area contributed by atoms with E-state index in [1.165, 1.54) is 26.7 Å². The van der Waals surface area contributed by atoms with Gasteiger partial charge in [-0.1, -0.05) is 52.3 Å². The van der Waals surface area contributed by atoms with Crippen LogP contribution in [0.4, 0.5) is 0 Å². The van der Waals surface area contributed by atoms with Crippen molar-refractivity contribution in [3.63, 3.8) is 0 Å². The average Bonchev–Trinajstić information content (AvgIpc) is 2.65. The van der Waals surface area contributed by atoms with Gasteiger partial charge in [-0.15, -0.1) is 0 Å². The molecule has 1 aliphatic carbocycles. The molecular weight excluding hydrogens is 276 g/mol. The Bertz CT molecular complexity index is 600. The van der Waals surface area contributed by atoms with E-state index in [2.05, 4.69) is 28.1 Å². The Morgan fingerprint density at radius 2 is 1.76 bits per heavy atom. The molecule has 0 unspecified atom stereocenters. The zero-order chi connectivity index (χ0) is 11.8. The van der Waals surface area contributed by atoms with Crippen molar-refractivity contribution in [2.75, 3.05) is 0 Å². The van der Waals surface area contributed by atoms with Gasteiger partial charge in [-0.3, -0.25) is 0 Å². The molecule has 2 aromatic rings. The van der Waals surface area contributed by atoms with E-state index < -0.39 is 0 Å². The van der Waals surface area contributed by atoms with Crippen LogP contribution in [0.2, 0.25) is 0 Å². The van der Waals surface area contributed by atoms with Gasteiger partial charge in [0, 0.05) is 10.9 Å². The van der Waals surface area contributed by atoms with Gasteiger partial charge in [-0.25, -0.2) is 0 Å². The second-order valence-electron chi connectivity index (χ2n) is 4.16. The number of allylic oxidation sites excluding steroid dienone is 1. The maximum Gasteiger partial charge on any atom is 0.115 e. The smallest absolute Gasteiger partial charge is 0.115 e. The van der Waals surface area contributed by atoms with Crippen LogP contribution in [0.15, 0.2) is 53.0 Å². The molecule has 0 aliphatic heterocycles. The van der Waals surface area contributed by atoms with Gasteiger partial charge in [-0.05, 0) is 34.4 Å². The average molecular weight is 287 g/mol. The normalized spacial score (nSPS) is 13.9. The second kappa shape index (κ2) is 4.04. The summed E-state index contributed by atoms with van der Waals surface area (Å²) < 4.78 is 1.18. The minimum absolute atomic E-state index is 0.332. The first-order chi connectivity index (χ1) is 8.25. The first-order valence-electron chi connectivity index (χ1n) is 5.52. The lowest BCUT2D eigenvalue weighted by Crippen LogP contribution is -1.86. The van der Waals surface area contributed by atoms with Gasteiger partial charge in [0.2, 0.25) is 0 Å². The van der Waals surface area contributed by atoms with Gasteiger partial charge in [0.05, 0.1) is 0 Å². The van der Waals surface area contributed by atoms with Gasteiger partial charge in [-0.2, -0.15) is 0 Å². The predicted octanol–water partition coefficient (Wildman–Crippen LogP) is 4.10. The first kappa shape index (κ1) is 10.6. The van der Waals surface area contributed by atoms with E-state index in [1.807, 2.05) is 30.3 Å². The van der Waals surface area contributed by atoms with Crippen molar-refractivity contribution in [1.29, 1.82) is 0 Å². The Morgan fingerprint density at radius 3 is 2.53 bits per heavy atom. The summed E-state index contributed by atoms with van der Waals surface area (Å²) in [5, 5.41) is 9.51. The fourth-order valence-electron chi connectivity index (χ4n) is 2.29. The van der Waals surface area contributed by atoms with Crippen LogP contribution in [0.25, 0.3) is 5.57 Å². The fourth-order valence-corrected chi connectivity index (χ4v) is 3.03. The summed E-state index contributed by atoms with van der Waals surface area (Å²) in [6, 6.07) is 15.9. The SMILES string of the molecule is Oc1ccc2c(c1)CC(Br)=C2c1ccccc1. The van der Waals surface area contributed by atoms with Gasteiger partial charge >= 0.3 is 0 Å². The van der Waals surface area contributed by atoms with Crippen molar-refractivity contribution in [2.24, 2.45) is 0 Å². The number of hydrogen-bond donors (Lipinski definition) is 1. The number of phenolic OH excluding ortho intramolecular Hbond substituents is 1. The number of aromatic hydroxyl groups is 1. The number of benzene rings is 2. The Hall–Kier alpha value is -1.54. The molecule has 0 spiro atoms. The molecule has 0 bridgehead atoms. The number of phenols is 1. The van der Waals surface area contributed by atoms with Crippen LogP contribution in [0.3, 0.4) is 0 Å². The fraction of sp³-hybridized carbons (Fsp3) is 0.0667. The highest BCUT2D eigenvalue weighted by Crippen LogP contribution is 2.41. The van der Waals surface area contributed by atoms with Gasteiger partial charge in [0.1, 0.15) is 5.75 Å². The molecule has 84 valence electrons. The Balaban J connectivity index is 2.17. The molecule has 2 aromatic carbocycles. The maximum atomic E-state index is 9.51. The van der Waals surface area contributed by atoms with E-state index in [0.717, 1.165) is 6.42 Å². The molecule has 17 heavy (non-hydrogen) atoms. The Labute approximate surface area is 109 Å². The lowest BCUT2D eigenvalue weighted by molar-refractivity contribution is 0.474. The van der Waals surface area contributed by atoms with Crippen LogP contribution >= 0.6 is 15.9 Å². The summed E-state index contributed by atoms with van der Waals surface area (Å²) in [6.45, 7) is 0. The van der Waals surface area contributed by atoms with Crippen molar-refractivity contribution < 1.29 is 5.11 Å². The lowest BCUT2D eigenvalue weighted by Gasteiger charge is -2.06. The Kier molecular flexibility index (Phi) is 2.52. The standard InChI is InChI=1S/C15H11BrO/c16-14-9-11-8-12(17)6-7-13(11)15(14)10-4-2-1-3-5-10/h1-8,17H,9H2. The highest BCUT2D eigenvalue weighted by Gasteiger charge is 2.21. The van der Waals surface area contributed by atoms with Crippen molar-refractivity contribution in [3.05, 3.63) is 69.7 Å². The number of hydrogen-bond acceptors (Lipinski definition) is 1. The molecule has 1 N–H and O–H groups in total. The van der Waals surface area contributed by atoms with E-state index >= 15 is 0 Å². The van der Waals surface area contributed by atoms with Crippen LogP contribution in [0.1, 0.15) is 16.7 Å². The van der Waals surface area contributed by atoms with Crippen molar-refractivity contribution in [1.82, 2.24) is 0 Å². The van der Waals surface area contributed by atoms with Crippen LogP contribution in [0.5, 0.6) is 5.75 Å². The van der Waals surface area contributed by atoms with Crippen molar-refractivity contribution >= 4 is 21.5 Å². The zero-order valence-electron chi connectivity index (χ0n) is 9.15. The summed E-state index contributed by atoms with van der Waals surface area (Å²) in [6.07, 6.45) is 0.855. The maximum absolute atomic E-state index is 9.51. The van der Waals surface area contributed by atoms with E-state index in [1.54, 1.807) is 6.07 Å². The number of fused-ring (bicyclic) bond motifs is 1. The number of halogens is 1. The molecule has 0 fully saturated rings. The predicted molar refractivity (Wildman–Crippen MR) is 73.2 cm³/mol. The molecule has 0 atom stereocenters. The quantitative estimate of drug-likeness (QED) is 0.837. The highest BCUT2D eigenvalue weighted by molar-refractivity contribution is 9.11. The largest absolute Gasteiger partial charge is 0.508 e. The molecule has 0 saturated carbocycles. The Morgan fingerprint density at radius 1 is 1.00 bits per heavy atom. The molecule has 0 aromatic heterocycles. The zero-order valence-corrected chi connectivity index (χ0v) is 10.7. The third-order valence-corrected chi connectivity index (χ3v) is 3.71. The third-order valence-electron chi connectivity index (χ3n) is 3.04. The van der Waals surface area contributed by atoms with Crippen LogP contribution in [0, 0.1) is 0 Å². The highest BCUT2D eigenvalue weighted by atomic mass is 79.9. The first-order valence-corrected chi connectivity index (χ1v) is 6.31. The van der Waals surface area contributed by atoms with Crippen molar-refractivity contribution in [3.8, 4) is 5.75 Å². The molecular formula is C15H11BrO. The molecule has 3 rings (SSSR count). The molecule has 0 amide bonds. The second-order valence-corrected chi connectivity index (χ2v) is 5.12. The molecule has 0 radical (unpaired) electrons. The van der Waals surface area contributed by atoms with Gasteiger partial charge < -0.3 is 5.11 Å². The third kappa shape index (κ3) is 1.79. The van der Waals surface area contributed by atoms with E-state index in [9.17, 15) is 5.11 Å². The summed E-state index contributed by atoms with van der Waals surface area (Å²) >= 11 is 3.64. The van der Waals surface area contributed by atoms with Crippen LogP contribution < -0.4 is 0 Å². The monoisotopic (exact) mass is 286 g/mol. The molecule has 0 heterocycles. The summed E-state index contributed by atoms with van der Waals surface area (Å²) in [4.78, 5) is 0. The molecule has 0 saturated heterocycles. The summed E-state index contributed by atoms with van der Waals surface area (Å²) in [5.41, 5.74) is 4.83. The molecule has 1 aliphatic rings. The molecule has 2 heteroatoms. The number of rotatable bonds is 1. The molecule has 1 nitrogen and oxygen atoms in total. The van der Waals surface area contributed by atoms with Crippen LogP contribution in [-0.4, -0.2) is 5.11 Å². The van der Waals surface area contributed by atoms with E-state index in [0.29, 0.717) is 5.75 Å². The minimum Gasteiger partial charge on any atom is -0.508 e. The van der Waals surface area contributed by atoms with Crippen molar-refractivity contribution in [2.45, 2.75) is 6.42 Å². The van der Waals surface area contributed by atoms with E-state index in [-0.39, 0.29) is 0 Å². The topological polar surface area (TPSA) is 20.2 Å². The van der Waals surface area contributed by atoms with Gasteiger partial charge in [0.15, 0.2) is 0 Å².